The number of para-hydroxylation sites is 1. The smallest absolute Gasteiger partial charge is 0.522 e. The first-order valence-electron chi connectivity index (χ1n) is 6.17. The van der Waals surface area contributed by atoms with Crippen molar-refractivity contribution < 1.29 is 24.0 Å². The van der Waals surface area contributed by atoms with Crippen LogP contribution in [0.5, 0.6) is 0 Å². The van der Waals surface area contributed by atoms with Crippen LogP contribution in [0.2, 0.25) is 0 Å². The van der Waals surface area contributed by atoms with Gasteiger partial charge < -0.3 is 19.7 Å². The Hall–Kier alpha value is -2.35. The summed E-state index contributed by atoms with van der Waals surface area (Å²) >= 11 is 0. The van der Waals surface area contributed by atoms with Gasteiger partial charge in [0.1, 0.15) is 6.04 Å². The van der Waals surface area contributed by atoms with Gasteiger partial charge in [-0.1, -0.05) is 18.2 Å². The fraction of sp³-hybridized carbons (Fsp3) is 0.250. The van der Waals surface area contributed by atoms with Crippen LogP contribution < -0.4 is 10.8 Å². The molecule has 0 aliphatic carbocycles. The summed E-state index contributed by atoms with van der Waals surface area (Å²) in [5, 5.41) is 12.2. The molecule has 0 bridgehead atoms. The van der Waals surface area contributed by atoms with E-state index in [9.17, 15) is 14.6 Å². The van der Waals surface area contributed by atoms with Crippen LogP contribution in [0.15, 0.2) is 29.3 Å². The summed E-state index contributed by atoms with van der Waals surface area (Å²) in [6.45, 7) is 0. The fourth-order valence-corrected chi connectivity index (χ4v) is 2.12. The molecular formula is C12H11BN2O5. The number of fused-ring (bicyclic) bond motifs is 1. The molecule has 0 aromatic heterocycles. The van der Waals surface area contributed by atoms with Gasteiger partial charge >= 0.3 is 19.2 Å². The summed E-state index contributed by atoms with van der Waals surface area (Å²) in [6.07, 6.45) is -0.124. The molecule has 1 aromatic carbocycles. The van der Waals surface area contributed by atoms with Crippen molar-refractivity contribution in [1.82, 2.24) is 5.32 Å². The molecule has 2 heterocycles. The highest BCUT2D eigenvalue weighted by molar-refractivity contribution is 6.64. The molecule has 1 saturated heterocycles. The lowest BCUT2D eigenvalue weighted by atomic mass is 9.77. The molecule has 1 atom stereocenters. The Morgan fingerprint density at radius 1 is 1.35 bits per heavy atom. The number of aliphatic imine (C=N–C) groups is 1. The minimum Gasteiger partial charge on any atom is -0.522 e. The van der Waals surface area contributed by atoms with Gasteiger partial charge in [-0.15, -0.1) is 0 Å². The highest BCUT2D eigenvalue weighted by Gasteiger charge is 2.34. The number of hydrogen-bond acceptors (Lipinski definition) is 6. The van der Waals surface area contributed by atoms with Gasteiger partial charge in [-0.3, -0.25) is 0 Å². The highest BCUT2D eigenvalue weighted by Crippen LogP contribution is 2.17. The predicted molar refractivity (Wildman–Crippen MR) is 69.9 cm³/mol. The molecular weight excluding hydrogens is 263 g/mol. The molecule has 7 nitrogen and oxygen atoms in total. The summed E-state index contributed by atoms with van der Waals surface area (Å²) in [6, 6.07) is 6.41. The van der Waals surface area contributed by atoms with Gasteiger partial charge in [-0.2, -0.15) is 0 Å². The van der Waals surface area contributed by atoms with E-state index in [-0.39, 0.29) is 0 Å². The van der Waals surface area contributed by atoms with Gasteiger partial charge in [0.2, 0.25) is 0 Å². The van der Waals surface area contributed by atoms with Crippen LogP contribution in [0.4, 0.5) is 10.5 Å². The van der Waals surface area contributed by atoms with Gasteiger partial charge in [-0.05, 0) is 12.5 Å². The Kier molecular flexibility index (Phi) is 3.15. The van der Waals surface area contributed by atoms with Crippen LogP contribution >= 0.6 is 0 Å². The SMILES string of the molecule is O=C1NC(CCC2=Nc3ccccc3B(O)O2)C(=O)O1. The van der Waals surface area contributed by atoms with Crippen LogP contribution in [0.1, 0.15) is 12.8 Å². The molecule has 0 radical (unpaired) electrons. The van der Waals surface area contributed by atoms with E-state index < -0.39 is 25.2 Å². The summed E-state index contributed by atoms with van der Waals surface area (Å²) in [5.41, 5.74) is 1.24. The maximum atomic E-state index is 11.3. The van der Waals surface area contributed by atoms with Crippen molar-refractivity contribution in [1.29, 1.82) is 0 Å². The van der Waals surface area contributed by atoms with E-state index in [1.807, 2.05) is 6.07 Å². The zero-order valence-corrected chi connectivity index (χ0v) is 10.4. The first-order chi connectivity index (χ1) is 9.63. The Bertz CT molecular complexity index is 603. The predicted octanol–water partition coefficient (Wildman–Crippen LogP) is -0.151. The second-order valence-electron chi connectivity index (χ2n) is 4.48. The second-order valence-corrected chi connectivity index (χ2v) is 4.48. The van der Waals surface area contributed by atoms with Crippen molar-refractivity contribution in [3.8, 4) is 0 Å². The molecule has 2 aliphatic rings. The number of esters is 1. The van der Waals surface area contributed by atoms with Crippen LogP contribution in [0.3, 0.4) is 0 Å². The maximum Gasteiger partial charge on any atom is 0.563 e. The molecule has 2 N–H and O–H groups in total. The van der Waals surface area contributed by atoms with Crippen molar-refractivity contribution in [2.45, 2.75) is 18.9 Å². The van der Waals surface area contributed by atoms with Crippen molar-refractivity contribution in [3.05, 3.63) is 24.3 Å². The molecule has 0 saturated carbocycles. The third kappa shape index (κ3) is 2.37. The van der Waals surface area contributed by atoms with E-state index in [2.05, 4.69) is 15.0 Å². The van der Waals surface area contributed by atoms with Gasteiger partial charge in [0.15, 0.2) is 5.90 Å². The average molecular weight is 274 g/mol. The summed E-state index contributed by atoms with van der Waals surface area (Å²) in [5.74, 6) is -0.280. The first kappa shape index (κ1) is 12.7. The molecule has 1 fully saturated rings. The molecule has 0 spiro atoms. The Balaban J connectivity index is 1.69. The molecule has 1 aromatic rings. The normalized spacial score (nSPS) is 20.8. The van der Waals surface area contributed by atoms with Gasteiger partial charge in [0.25, 0.3) is 0 Å². The second kappa shape index (κ2) is 4.97. The Labute approximate surface area is 114 Å². The Morgan fingerprint density at radius 2 is 2.15 bits per heavy atom. The van der Waals surface area contributed by atoms with Crippen LogP contribution in [0.25, 0.3) is 0 Å². The minimum atomic E-state index is -1.07. The molecule has 1 unspecified atom stereocenters. The van der Waals surface area contributed by atoms with E-state index in [1.165, 1.54) is 0 Å². The number of amides is 1. The van der Waals surface area contributed by atoms with Crippen molar-refractivity contribution in [2.24, 2.45) is 4.99 Å². The zero-order valence-electron chi connectivity index (χ0n) is 10.4. The number of carbonyl (C=O) groups excluding carboxylic acids is 2. The molecule has 3 rings (SSSR count). The number of nitrogens with one attached hydrogen (secondary N) is 1. The summed E-state index contributed by atoms with van der Waals surface area (Å²) in [4.78, 5) is 26.4. The number of rotatable bonds is 3. The first-order valence-corrected chi connectivity index (χ1v) is 6.17. The number of ether oxygens (including phenoxy) is 1. The van der Waals surface area contributed by atoms with E-state index in [1.54, 1.807) is 18.2 Å². The number of carbonyl (C=O) groups is 2. The zero-order chi connectivity index (χ0) is 14.1. The topological polar surface area (TPSA) is 97.2 Å². The highest BCUT2D eigenvalue weighted by atomic mass is 16.6. The largest absolute Gasteiger partial charge is 0.563 e. The van der Waals surface area contributed by atoms with Crippen LogP contribution in [-0.2, 0) is 14.2 Å². The van der Waals surface area contributed by atoms with E-state index in [0.717, 1.165) is 0 Å². The number of cyclic esters (lactones) is 2. The maximum absolute atomic E-state index is 11.3. The lowest BCUT2D eigenvalue weighted by Gasteiger charge is -2.19. The van der Waals surface area contributed by atoms with Crippen LogP contribution in [-0.4, -0.2) is 36.1 Å². The fourth-order valence-electron chi connectivity index (χ4n) is 2.12. The van der Waals surface area contributed by atoms with Gasteiger partial charge in [0.05, 0.1) is 5.69 Å². The van der Waals surface area contributed by atoms with E-state index in [4.69, 9.17) is 4.65 Å². The third-order valence-corrected chi connectivity index (χ3v) is 3.11. The molecule has 2 aliphatic heterocycles. The summed E-state index contributed by atoms with van der Waals surface area (Å²) < 4.78 is 9.65. The van der Waals surface area contributed by atoms with E-state index in [0.29, 0.717) is 29.9 Å². The number of alkyl carbamates (subject to hydrolysis) is 1. The third-order valence-electron chi connectivity index (χ3n) is 3.11. The number of hydrogen-bond donors (Lipinski definition) is 2. The van der Waals surface area contributed by atoms with E-state index >= 15 is 0 Å². The summed E-state index contributed by atoms with van der Waals surface area (Å²) in [7, 11) is -1.07. The average Bonchev–Trinajstić information content (AvgIpc) is 2.75. The monoisotopic (exact) mass is 274 g/mol. The number of nitrogens with zero attached hydrogens (tertiary/aromatic N) is 1. The van der Waals surface area contributed by atoms with Crippen LogP contribution in [0, 0.1) is 0 Å². The lowest BCUT2D eigenvalue weighted by molar-refractivity contribution is -0.135. The Morgan fingerprint density at radius 3 is 2.90 bits per heavy atom. The van der Waals surface area contributed by atoms with Crippen molar-refractivity contribution in [3.63, 3.8) is 0 Å². The van der Waals surface area contributed by atoms with Crippen molar-refractivity contribution >= 4 is 36.2 Å². The molecule has 8 heteroatoms. The number of benzene rings is 1. The minimum absolute atomic E-state index is 0.304. The molecule has 102 valence electrons. The molecule has 1 amide bonds. The molecule has 20 heavy (non-hydrogen) atoms. The van der Waals surface area contributed by atoms with Gasteiger partial charge in [-0.25, -0.2) is 14.6 Å². The van der Waals surface area contributed by atoms with Gasteiger partial charge in [0, 0.05) is 11.9 Å². The lowest BCUT2D eigenvalue weighted by Crippen LogP contribution is -2.39. The standard InChI is InChI=1S/C12H11BN2O5/c16-11-9(15-12(17)19-11)5-6-10-14-8-4-2-1-3-7(8)13(18)20-10/h1-4,9,18H,5-6H2,(H,15,17). The van der Waals surface area contributed by atoms with Crippen molar-refractivity contribution in [2.75, 3.05) is 0 Å². The quantitative estimate of drug-likeness (QED) is 0.454.